The van der Waals surface area contributed by atoms with E-state index in [1.165, 1.54) is 11.8 Å². The largest absolute Gasteiger partial charge is 0.399 e. The predicted octanol–water partition coefficient (Wildman–Crippen LogP) is 2.42. The zero-order chi connectivity index (χ0) is 15.2. The van der Waals surface area contributed by atoms with Gasteiger partial charge in [-0.1, -0.05) is 0 Å². The van der Waals surface area contributed by atoms with Crippen molar-refractivity contribution in [2.24, 2.45) is 0 Å². The van der Waals surface area contributed by atoms with Crippen LogP contribution in [0, 0.1) is 0 Å². The van der Waals surface area contributed by atoms with Crippen molar-refractivity contribution in [2.45, 2.75) is 23.5 Å². The number of thioether (sulfide) groups is 2. The summed E-state index contributed by atoms with van der Waals surface area (Å²) in [4.78, 5) is 1.03. The monoisotopic (exact) mass is 334 g/mol. The third-order valence-corrected chi connectivity index (χ3v) is 6.62. The minimum atomic E-state index is -3.21. The van der Waals surface area contributed by atoms with Crippen LogP contribution >= 0.6 is 23.5 Å². The molecule has 0 spiro atoms. The van der Waals surface area contributed by atoms with E-state index in [1.54, 1.807) is 11.8 Å². The molecule has 3 N–H and O–H groups in total. The number of nitrogens with one attached hydrogen (secondary N) is 1. The van der Waals surface area contributed by atoms with E-state index < -0.39 is 10.0 Å². The molecule has 0 aliphatic heterocycles. The fourth-order valence-corrected chi connectivity index (χ4v) is 4.07. The summed E-state index contributed by atoms with van der Waals surface area (Å²) in [5.74, 6) is 0.644. The summed E-state index contributed by atoms with van der Waals surface area (Å²) in [6, 6.07) is 7.43. The van der Waals surface area contributed by atoms with Gasteiger partial charge in [-0.2, -0.15) is 11.8 Å². The summed E-state index contributed by atoms with van der Waals surface area (Å²) >= 11 is 3.16. The Bertz CT molecular complexity index is 513. The zero-order valence-corrected chi connectivity index (χ0v) is 14.5. The smallest absolute Gasteiger partial charge is 0.212 e. The van der Waals surface area contributed by atoms with Crippen molar-refractivity contribution in [3.63, 3.8) is 0 Å². The molecule has 0 saturated heterocycles. The first-order valence-corrected chi connectivity index (χ1v) is 10.1. The summed E-state index contributed by atoms with van der Waals surface area (Å²) < 4.78 is 26.3. The van der Waals surface area contributed by atoms with Crippen LogP contribution in [-0.4, -0.2) is 37.5 Å². The molecule has 0 aromatic heterocycles. The minimum Gasteiger partial charge on any atom is -0.399 e. The molecular formula is C13H22N2O2S3. The normalized spacial score (nSPS) is 12.6. The van der Waals surface area contributed by atoms with Crippen LogP contribution in [-0.2, 0) is 10.0 Å². The highest BCUT2D eigenvalue weighted by molar-refractivity contribution is 8.00. The van der Waals surface area contributed by atoms with Crippen molar-refractivity contribution < 1.29 is 8.42 Å². The Hall–Kier alpha value is -0.370. The third-order valence-electron chi connectivity index (χ3n) is 2.77. The molecule has 20 heavy (non-hydrogen) atoms. The lowest BCUT2D eigenvalue weighted by atomic mass is 10.2. The summed E-state index contributed by atoms with van der Waals surface area (Å²) in [6.45, 7) is 4.48. The molecule has 0 fully saturated rings. The van der Waals surface area contributed by atoms with Crippen LogP contribution < -0.4 is 10.5 Å². The van der Waals surface area contributed by atoms with Gasteiger partial charge in [-0.05, 0) is 44.4 Å². The van der Waals surface area contributed by atoms with E-state index in [2.05, 4.69) is 4.72 Å². The van der Waals surface area contributed by atoms with Crippen LogP contribution in [0.3, 0.4) is 0 Å². The molecule has 0 saturated carbocycles. The van der Waals surface area contributed by atoms with Gasteiger partial charge in [-0.15, -0.1) is 11.8 Å². The van der Waals surface area contributed by atoms with E-state index in [-0.39, 0.29) is 10.5 Å². The van der Waals surface area contributed by atoms with Crippen LogP contribution in [0.25, 0.3) is 0 Å². The van der Waals surface area contributed by atoms with Crippen LogP contribution in [0.4, 0.5) is 5.69 Å². The number of hydrogen-bond acceptors (Lipinski definition) is 5. The van der Waals surface area contributed by atoms with Crippen LogP contribution in [0.15, 0.2) is 29.2 Å². The van der Waals surface area contributed by atoms with Gasteiger partial charge in [0.1, 0.15) is 0 Å². The van der Waals surface area contributed by atoms with Crippen LogP contribution in [0.2, 0.25) is 0 Å². The SMILES string of the molecule is CSC(C)(C)CNS(=O)(=O)CCSc1ccc(N)cc1. The highest BCUT2D eigenvalue weighted by Crippen LogP contribution is 2.21. The first-order chi connectivity index (χ1) is 9.24. The number of sulfonamides is 1. The van der Waals surface area contributed by atoms with Gasteiger partial charge < -0.3 is 5.73 Å². The highest BCUT2D eigenvalue weighted by Gasteiger charge is 2.19. The van der Waals surface area contributed by atoms with E-state index in [9.17, 15) is 8.42 Å². The first kappa shape index (κ1) is 17.7. The molecular weight excluding hydrogens is 312 g/mol. The van der Waals surface area contributed by atoms with E-state index in [0.717, 1.165) is 4.90 Å². The lowest BCUT2D eigenvalue weighted by molar-refractivity contribution is 0.572. The molecule has 0 radical (unpaired) electrons. The van der Waals surface area contributed by atoms with E-state index >= 15 is 0 Å². The van der Waals surface area contributed by atoms with Crippen LogP contribution in [0.1, 0.15) is 13.8 Å². The van der Waals surface area contributed by atoms with E-state index in [0.29, 0.717) is 18.0 Å². The number of nitrogen functional groups attached to an aromatic ring is 1. The number of rotatable bonds is 8. The lowest BCUT2D eigenvalue weighted by Crippen LogP contribution is -2.37. The molecule has 1 rings (SSSR count). The van der Waals surface area contributed by atoms with Gasteiger partial charge in [0.25, 0.3) is 0 Å². The number of nitrogens with two attached hydrogens (primary N) is 1. The van der Waals surface area contributed by atoms with Gasteiger partial charge in [0.15, 0.2) is 0 Å². The summed E-state index contributed by atoms with van der Waals surface area (Å²) in [5.41, 5.74) is 6.31. The van der Waals surface area contributed by atoms with Crippen molar-refractivity contribution in [1.82, 2.24) is 4.72 Å². The van der Waals surface area contributed by atoms with Crippen molar-refractivity contribution in [2.75, 3.05) is 30.0 Å². The van der Waals surface area contributed by atoms with E-state index in [1.807, 2.05) is 44.4 Å². The topological polar surface area (TPSA) is 72.2 Å². The van der Waals surface area contributed by atoms with Gasteiger partial charge >= 0.3 is 0 Å². The summed E-state index contributed by atoms with van der Waals surface area (Å²) in [5, 5.41) is 0. The highest BCUT2D eigenvalue weighted by atomic mass is 32.2. The molecule has 0 unspecified atom stereocenters. The molecule has 7 heteroatoms. The molecule has 0 aliphatic rings. The molecule has 1 aromatic rings. The zero-order valence-electron chi connectivity index (χ0n) is 12.0. The molecule has 0 amide bonds. The molecule has 0 bridgehead atoms. The molecule has 4 nitrogen and oxygen atoms in total. The maximum absolute atomic E-state index is 11.9. The average Bonchev–Trinajstić information content (AvgIpc) is 2.39. The second-order valence-electron chi connectivity index (χ2n) is 5.02. The van der Waals surface area contributed by atoms with Crippen molar-refractivity contribution in [3.05, 3.63) is 24.3 Å². The fraction of sp³-hybridized carbons (Fsp3) is 0.538. The first-order valence-electron chi connectivity index (χ1n) is 6.25. The number of hydrogen-bond donors (Lipinski definition) is 2. The third kappa shape index (κ3) is 6.88. The van der Waals surface area contributed by atoms with Gasteiger partial charge in [0.2, 0.25) is 10.0 Å². The second kappa shape index (κ2) is 7.59. The minimum absolute atomic E-state index is 0.0861. The maximum Gasteiger partial charge on any atom is 0.212 e. The average molecular weight is 335 g/mol. The Morgan fingerprint density at radius 1 is 1.25 bits per heavy atom. The van der Waals surface area contributed by atoms with Crippen LogP contribution in [0.5, 0.6) is 0 Å². The van der Waals surface area contributed by atoms with E-state index in [4.69, 9.17) is 5.73 Å². The van der Waals surface area contributed by atoms with Gasteiger partial charge in [-0.3, -0.25) is 0 Å². The molecule has 0 atom stereocenters. The summed E-state index contributed by atoms with van der Waals surface area (Å²) in [6.07, 6.45) is 1.98. The quantitative estimate of drug-likeness (QED) is 0.564. The van der Waals surface area contributed by atoms with Crippen molar-refractivity contribution in [1.29, 1.82) is 0 Å². The van der Waals surface area contributed by atoms with Gasteiger partial charge in [-0.25, -0.2) is 13.1 Å². The molecule has 1 aromatic carbocycles. The molecule has 114 valence electrons. The standard InChI is InChI=1S/C13H22N2O2S3/c1-13(2,18-3)10-15-20(16,17)9-8-19-12-6-4-11(14)5-7-12/h4-7,15H,8-10,14H2,1-3H3. The lowest BCUT2D eigenvalue weighted by Gasteiger charge is -2.22. The van der Waals surface area contributed by atoms with Crippen molar-refractivity contribution in [3.8, 4) is 0 Å². The van der Waals surface area contributed by atoms with Gasteiger partial charge in [0, 0.05) is 27.6 Å². The van der Waals surface area contributed by atoms with Crippen molar-refractivity contribution >= 4 is 39.2 Å². The Labute approximate surface area is 130 Å². The fourth-order valence-electron chi connectivity index (χ4n) is 1.26. The van der Waals surface area contributed by atoms with Gasteiger partial charge in [0.05, 0.1) is 5.75 Å². The Morgan fingerprint density at radius 3 is 2.40 bits per heavy atom. The number of anilines is 1. The summed E-state index contributed by atoms with van der Waals surface area (Å²) in [7, 11) is -3.21. The predicted molar refractivity (Wildman–Crippen MR) is 91.0 cm³/mol. The second-order valence-corrected chi connectivity index (χ2v) is 9.63. The Morgan fingerprint density at radius 2 is 1.85 bits per heavy atom. The molecule has 0 aliphatic carbocycles. The Kier molecular flexibility index (Phi) is 6.71. The number of benzene rings is 1. The molecule has 0 heterocycles. The Balaban J connectivity index is 2.38. The maximum atomic E-state index is 11.9.